The van der Waals surface area contributed by atoms with Gasteiger partial charge in [-0.3, -0.25) is 9.59 Å². The number of halogens is 2. The van der Waals surface area contributed by atoms with Crippen LogP contribution in [0.1, 0.15) is 0 Å². The topological polar surface area (TPSA) is 58.6 Å². The van der Waals surface area contributed by atoms with Gasteiger partial charge in [0.1, 0.15) is 16.5 Å². The Bertz CT molecular complexity index is 847. The molecule has 122 valence electrons. The van der Waals surface area contributed by atoms with Gasteiger partial charge in [0, 0.05) is 0 Å². The van der Waals surface area contributed by atoms with E-state index in [0.29, 0.717) is 22.1 Å². The van der Waals surface area contributed by atoms with Gasteiger partial charge in [-0.2, -0.15) is 0 Å². The molecule has 1 aliphatic heterocycles. The van der Waals surface area contributed by atoms with Gasteiger partial charge in [-0.25, -0.2) is 4.90 Å². The highest BCUT2D eigenvalue weighted by molar-refractivity contribution is 6.53. The lowest BCUT2D eigenvalue weighted by Gasteiger charge is -2.15. The molecule has 1 heterocycles. The molecule has 0 spiro atoms. The number of benzene rings is 2. The minimum atomic E-state index is -0.596. The molecule has 0 saturated carbocycles. The lowest BCUT2D eigenvalue weighted by Crippen LogP contribution is -2.32. The van der Waals surface area contributed by atoms with Crippen LogP contribution in [0.15, 0.2) is 59.3 Å². The zero-order chi connectivity index (χ0) is 17.3. The molecule has 1 N–H and O–H groups in total. The summed E-state index contributed by atoms with van der Waals surface area (Å²) in [7, 11) is 1.53. The third-order valence-corrected chi connectivity index (χ3v) is 4.17. The van der Waals surface area contributed by atoms with Crippen LogP contribution in [0.2, 0.25) is 5.02 Å². The summed E-state index contributed by atoms with van der Waals surface area (Å²) in [5.74, 6) is -0.525. The number of carbonyl (C=O) groups is 2. The summed E-state index contributed by atoms with van der Waals surface area (Å²) in [6.45, 7) is 0. The van der Waals surface area contributed by atoms with E-state index in [1.54, 1.807) is 48.5 Å². The molecule has 2 aromatic rings. The number of methoxy groups -OCH3 is 1. The smallest absolute Gasteiger partial charge is 0.283 e. The third-order valence-electron chi connectivity index (χ3n) is 3.49. The first-order valence-electron chi connectivity index (χ1n) is 6.97. The molecule has 0 bridgehead atoms. The summed E-state index contributed by atoms with van der Waals surface area (Å²) in [6, 6.07) is 13.4. The summed E-state index contributed by atoms with van der Waals surface area (Å²) in [5, 5.41) is 3.07. The number of nitrogens with zero attached hydrogens (tertiary/aromatic N) is 1. The van der Waals surface area contributed by atoms with E-state index in [1.165, 1.54) is 7.11 Å². The zero-order valence-corrected chi connectivity index (χ0v) is 14.1. The number of ether oxygens (including phenoxy) is 1. The molecule has 0 unspecified atom stereocenters. The number of hydrogen-bond donors (Lipinski definition) is 1. The number of anilines is 2. The molecule has 7 heteroatoms. The molecule has 24 heavy (non-hydrogen) atoms. The largest absolute Gasteiger partial charge is 0.497 e. The molecule has 2 aromatic carbocycles. The SMILES string of the molecule is COc1ccc(N2C(=O)C(Cl)=C(Nc3ccccc3Cl)C2=O)cc1. The van der Waals surface area contributed by atoms with Crippen molar-refractivity contribution < 1.29 is 14.3 Å². The minimum Gasteiger partial charge on any atom is -0.497 e. The maximum absolute atomic E-state index is 12.6. The molecule has 0 saturated heterocycles. The second-order valence-electron chi connectivity index (χ2n) is 4.94. The van der Waals surface area contributed by atoms with Crippen LogP contribution in [0.4, 0.5) is 11.4 Å². The number of carbonyl (C=O) groups excluding carboxylic acids is 2. The molecule has 0 atom stereocenters. The molecule has 2 amide bonds. The van der Waals surface area contributed by atoms with Crippen LogP contribution in [0, 0.1) is 0 Å². The van der Waals surface area contributed by atoms with Gasteiger partial charge in [0.2, 0.25) is 0 Å². The van der Waals surface area contributed by atoms with E-state index in [0.717, 1.165) is 4.90 Å². The maximum Gasteiger partial charge on any atom is 0.283 e. The van der Waals surface area contributed by atoms with Crippen molar-refractivity contribution in [1.82, 2.24) is 0 Å². The molecule has 5 nitrogen and oxygen atoms in total. The van der Waals surface area contributed by atoms with Crippen molar-refractivity contribution in [3.63, 3.8) is 0 Å². The Hall–Kier alpha value is -2.50. The van der Waals surface area contributed by atoms with E-state index in [-0.39, 0.29) is 10.7 Å². The lowest BCUT2D eigenvalue weighted by atomic mass is 10.2. The van der Waals surface area contributed by atoms with Crippen molar-refractivity contribution in [1.29, 1.82) is 0 Å². The summed E-state index contributed by atoms with van der Waals surface area (Å²) in [6.07, 6.45) is 0. The van der Waals surface area contributed by atoms with Crippen molar-refractivity contribution in [2.24, 2.45) is 0 Å². The normalized spacial score (nSPS) is 14.4. The molecular formula is C17H12Cl2N2O3. The zero-order valence-electron chi connectivity index (χ0n) is 12.5. The third kappa shape index (κ3) is 2.84. The summed E-state index contributed by atoms with van der Waals surface area (Å²) in [5.41, 5.74) is 0.885. The average Bonchev–Trinajstić information content (AvgIpc) is 2.80. The van der Waals surface area contributed by atoms with E-state index >= 15 is 0 Å². The number of hydrogen-bond acceptors (Lipinski definition) is 4. The van der Waals surface area contributed by atoms with Gasteiger partial charge in [0.25, 0.3) is 11.8 Å². The fourth-order valence-corrected chi connectivity index (χ4v) is 2.67. The molecule has 3 rings (SSSR count). The van der Waals surface area contributed by atoms with Crippen molar-refractivity contribution in [3.05, 3.63) is 64.3 Å². The molecule has 1 aliphatic rings. The van der Waals surface area contributed by atoms with E-state index in [9.17, 15) is 9.59 Å². The van der Waals surface area contributed by atoms with Crippen LogP contribution in [0.25, 0.3) is 0 Å². The fraction of sp³-hybridized carbons (Fsp3) is 0.0588. The number of para-hydroxylation sites is 1. The molecule has 0 aliphatic carbocycles. The van der Waals surface area contributed by atoms with Crippen molar-refractivity contribution in [2.75, 3.05) is 17.3 Å². The van der Waals surface area contributed by atoms with Gasteiger partial charge >= 0.3 is 0 Å². The summed E-state index contributed by atoms with van der Waals surface area (Å²) >= 11 is 12.1. The van der Waals surface area contributed by atoms with Crippen LogP contribution in [0.5, 0.6) is 5.75 Å². The number of rotatable bonds is 4. The highest BCUT2D eigenvalue weighted by atomic mass is 35.5. The van der Waals surface area contributed by atoms with Gasteiger partial charge in [-0.15, -0.1) is 0 Å². The highest BCUT2D eigenvalue weighted by Crippen LogP contribution is 2.32. The summed E-state index contributed by atoms with van der Waals surface area (Å²) in [4.78, 5) is 26.0. The van der Waals surface area contributed by atoms with Crippen molar-refractivity contribution in [2.45, 2.75) is 0 Å². The predicted molar refractivity (Wildman–Crippen MR) is 93.4 cm³/mol. The molecular weight excluding hydrogens is 351 g/mol. The second-order valence-corrected chi connectivity index (χ2v) is 5.72. The van der Waals surface area contributed by atoms with E-state index in [1.807, 2.05) is 0 Å². The monoisotopic (exact) mass is 362 g/mol. The van der Waals surface area contributed by atoms with Gasteiger partial charge < -0.3 is 10.1 Å². The van der Waals surface area contributed by atoms with Crippen LogP contribution >= 0.6 is 23.2 Å². The Labute approximate surface area is 148 Å². The van der Waals surface area contributed by atoms with Crippen LogP contribution < -0.4 is 15.0 Å². The molecule has 0 fully saturated rings. The average molecular weight is 363 g/mol. The van der Waals surface area contributed by atoms with Gasteiger partial charge in [0.15, 0.2) is 0 Å². The second kappa shape index (κ2) is 6.55. The van der Waals surface area contributed by atoms with E-state index in [2.05, 4.69) is 5.32 Å². The van der Waals surface area contributed by atoms with Crippen molar-refractivity contribution in [3.8, 4) is 5.75 Å². The van der Waals surface area contributed by atoms with Gasteiger partial charge in [0.05, 0.1) is 23.5 Å². The Balaban J connectivity index is 1.91. The van der Waals surface area contributed by atoms with Crippen LogP contribution in [0.3, 0.4) is 0 Å². The first-order valence-corrected chi connectivity index (χ1v) is 7.72. The number of amides is 2. The van der Waals surface area contributed by atoms with Crippen LogP contribution in [-0.4, -0.2) is 18.9 Å². The molecule has 0 radical (unpaired) electrons. The Morgan fingerprint density at radius 1 is 0.958 bits per heavy atom. The number of nitrogens with one attached hydrogen (secondary N) is 1. The number of imide groups is 1. The lowest BCUT2D eigenvalue weighted by molar-refractivity contribution is -0.120. The fourth-order valence-electron chi connectivity index (χ4n) is 2.27. The first-order chi connectivity index (χ1) is 11.5. The van der Waals surface area contributed by atoms with E-state index in [4.69, 9.17) is 27.9 Å². The summed E-state index contributed by atoms with van der Waals surface area (Å²) < 4.78 is 5.07. The minimum absolute atomic E-state index is 0.00872. The maximum atomic E-state index is 12.6. The van der Waals surface area contributed by atoms with E-state index < -0.39 is 11.8 Å². The van der Waals surface area contributed by atoms with Crippen LogP contribution in [-0.2, 0) is 9.59 Å². The Kier molecular flexibility index (Phi) is 4.46. The van der Waals surface area contributed by atoms with Gasteiger partial charge in [-0.1, -0.05) is 35.3 Å². The Morgan fingerprint density at radius 2 is 1.62 bits per heavy atom. The standard InChI is InChI=1S/C17H12Cl2N2O3/c1-24-11-8-6-10(7-9-11)21-16(22)14(19)15(17(21)23)20-13-5-3-2-4-12(13)18/h2-9,20H,1H3. The quantitative estimate of drug-likeness (QED) is 0.840. The predicted octanol–water partition coefficient (Wildman–Crippen LogP) is 3.78. The molecule has 0 aromatic heterocycles. The van der Waals surface area contributed by atoms with Crippen molar-refractivity contribution >= 4 is 46.4 Å². The highest BCUT2D eigenvalue weighted by Gasteiger charge is 2.39. The first kappa shape index (κ1) is 16.4. The van der Waals surface area contributed by atoms with Gasteiger partial charge in [-0.05, 0) is 36.4 Å². The Morgan fingerprint density at radius 3 is 2.25 bits per heavy atom.